The number of rotatable bonds is 5. The van der Waals surface area contributed by atoms with Gasteiger partial charge in [0.15, 0.2) is 5.65 Å². The summed E-state index contributed by atoms with van der Waals surface area (Å²) in [5, 5.41) is 11.4. The van der Waals surface area contributed by atoms with Crippen LogP contribution in [0, 0.1) is 0 Å². The Bertz CT molecular complexity index is 902. The third-order valence-electron chi connectivity index (χ3n) is 3.43. The molecule has 0 spiro atoms. The van der Waals surface area contributed by atoms with Crippen LogP contribution >= 0.6 is 23.2 Å². The van der Waals surface area contributed by atoms with E-state index in [0.29, 0.717) is 33.6 Å². The van der Waals surface area contributed by atoms with Gasteiger partial charge in [-0.1, -0.05) is 23.2 Å². The lowest BCUT2D eigenvalue weighted by atomic mass is 10.2. The Morgan fingerprint density at radius 3 is 2.64 bits per heavy atom. The molecule has 0 radical (unpaired) electrons. The lowest BCUT2D eigenvalue weighted by Crippen LogP contribution is -2.30. The van der Waals surface area contributed by atoms with Crippen molar-refractivity contribution in [2.75, 3.05) is 5.32 Å². The minimum Gasteiger partial charge on any atom is -0.366 e. The Hall–Kier alpha value is -2.31. The van der Waals surface area contributed by atoms with E-state index in [-0.39, 0.29) is 11.9 Å². The maximum atomic E-state index is 12.2. The summed E-state index contributed by atoms with van der Waals surface area (Å²) in [4.78, 5) is 16.7. The third-order valence-corrected chi connectivity index (χ3v) is 3.87. The van der Waals surface area contributed by atoms with Crippen molar-refractivity contribution in [3.05, 3.63) is 57.8 Å². The number of hydrogen-bond donors (Lipinski definition) is 2. The van der Waals surface area contributed by atoms with Crippen molar-refractivity contribution in [1.29, 1.82) is 0 Å². The molecular formula is C17H17Cl2N5O. The van der Waals surface area contributed by atoms with Crippen LogP contribution < -0.4 is 10.6 Å². The number of nitrogens with zero attached hydrogens (tertiary/aromatic N) is 3. The first-order chi connectivity index (χ1) is 11.9. The van der Waals surface area contributed by atoms with Crippen LogP contribution in [0.5, 0.6) is 0 Å². The zero-order valence-corrected chi connectivity index (χ0v) is 15.3. The molecule has 6 nitrogen and oxygen atoms in total. The molecular weight excluding hydrogens is 361 g/mol. The number of fused-ring (bicyclic) bond motifs is 1. The molecule has 0 bridgehead atoms. The average molecular weight is 378 g/mol. The predicted molar refractivity (Wildman–Crippen MR) is 99.4 cm³/mol. The number of carbonyl (C=O) groups excluding carboxylic acids is 1. The number of aromatic nitrogens is 3. The highest BCUT2D eigenvalue weighted by atomic mass is 35.5. The fraction of sp³-hybridized carbons (Fsp3) is 0.235. The molecule has 2 aromatic heterocycles. The van der Waals surface area contributed by atoms with E-state index in [1.165, 1.54) is 6.20 Å². The fourth-order valence-electron chi connectivity index (χ4n) is 2.37. The van der Waals surface area contributed by atoms with Crippen LogP contribution in [0.1, 0.15) is 29.8 Å². The van der Waals surface area contributed by atoms with Gasteiger partial charge in [0.05, 0.1) is 6.20 Å². The molecule has 3 aromatic rings. The summed E-state index contributed by atoms with van der Waals surface area (Å²) in [7, 11) is 0. The first kappa shape index (κ1) is 17.5. The van der Waals surface area contributed by atoms with Gasteiger partial charge in [-0.25, -0.2) is 9.50 Å². The van der Waals surface area contributed by atoms with Gasteiger partial charge in [-0.3, -0.25) is 4.79 Å². The first-order valence-electron chi connectivity index (χ1n) is 7.76. The molecule has 2 N–H and O–H groups in total. The van der Waals surface area contributed by atoms with Gasteiger partial charge in [0.2, 0.25) is 0 Å². The maximum absolute atomic E-state index is 12.2. The fourth-order valence-corrected chi connectivity index (χ4v) is 2.94. The summed E-state index contributed by atoms with van der Waals surface area (Å²) in [6, 6.07) is 7.17. The van der Waals surface area contributed by atoms with E-state index in [1.807, 2.05) is 26.0 Å². The number of benzene rings is 1. The molecule has 0 aliphatic rings. The molecule has 0 aliphatic heterocycles. The van der Waals surface area contributed by atoms with Gasteiger partial charge in [-0.15, -0.1) is 0 Å². The summed E-state index contributed by atoms with van der Waals surface area (Å²) in [6.45, 7) is 4.31. The van der Waals surface area contributed by atoms with Crippen LogP contribution in [0.15, 0.2) is 36.7 Å². The van der Waals surface area contributed by atoms with Crippen LogP contribution in [0.25, 0.3) is 5.65 Å². The Morgan fingerprint density at radius 1 is 1.24 bits per heavy atom. The highest BCUT2D eigenvalue weighted by Gasteiger charge is 2.15. The average Bonchev–Trinajstić information content (AvgIpc) is 2.94. The Kier molecular flexibility index (Phi) is 5.11. The standard InChI is InChI=1S/C17H17Cl2N5O/c1-10(2)22-17(25)14-9-21-24-4-3-15(23-16(14)24)20-8-11-5-12(18)7-13(19)6-11/h3-7,9-10H,8H2,1-2H3,(H,20,23)(H,22,25). The van der Waals surface area contributed by atoms with Crippen molar-refractivity contribution < 1.29 is 4.79 Å². The van der Waals surface area contributed by atoms with Gasteiger partial charge in [0.25, 0.3) is 5.91 Å². The van der Waals surface area contributed by atoms with Crippen molar-refractivity contribution >= 4 is 40.6 Å². The highest BCUT2D eigenvalue weighted by molar-refractivity contribution is 6.34. The molecule has 0 unspecified atom stereocenters. The minimum atomic E-state index is -0.198. The normalized spacial score (nSPS) is 11.1. The van der Waals surface area contributed by atoms with Crippen molar-refractivity contribution in [3.63, 3.8) is 0 Å². The molecule has 25 heavy (non-hydrogen) atoms. The van der Waals surface area contributed by atoms with Crippen LogP contribution in [0.3, 0.4) is 0 Å². The van der Waals surface area contributed by atoms with Crippen LogP contribution in [0.4, 0.5) is 5.82 Å². The maximum Gasteiger partial charge on any atom is 0.256 e. The predicted octanol–water partition coefficient (Wildman–Crippen LogP) is 3.79. The molecule has 0 saturated carbocycles. The number of amides is 1. The van der Waals surface area contributed by atoms with Crippen molar-refractivity contribution in [2.24, 2.45) is 0 Å². The molecule has 8 heteroatoms. The van der Waals surface area contributed by atoms with Crippen molar-refractivity contribution in [3.8, 4) is 0 Å². The SMILES string of the molecule is CC(C)NC(=O)c1cnn2ccc(NCc3cc(Cl)cc(Cl)c3)nc12. The third kappa shape index (κ3) is 4.21. The van der Waals surface area contributed by atoms with Gasteiger partial charge in [-0.05, 0) is 43.7 Å². The highest BCUT2D eigenvalue weighted by Crippen LogP contribution is 2.20. The van der Waals surface area contributed by atoms with E-state index in [4.69, 9.17) is 23.2 Å². The zero-order valence-electron chi connectivity index (χ0n) is 13.8. The van der Waals surface area contributed by atoms with Gasteiger partial charge < -0.3 is 10.6 Å². The summed E-state index contributed by atoms with van der Waals surface area (Å²) in [5.41, 5.74) is 1.86. The monoisotopic (exact) mass is 377 g/mol. The van der Waals surface area contributed by atoms with Gasteiger partial charge >= 0.3 is 0 Å². The largest absolute Gasteiger partial charge is 0.366 e. The van der Waals surface area contributed by atoms with Crippen molar-refractivity contribution in [2.45, 2.75) is 26.4 Å². The summed E-state index contributed by atoms with van der Waals surface area (Å²) in [6.07, 6.45) is 3.27. The van der Waals surface area contributed by atoms with Gasteiger partial charge in [0.1, 0.15) is 11.4 Å². The smallest absolute Gasteiger partial charge is 0.256 e. The van der Waals surface area contributed by atoms with E-state index in [9.17, 15) is 4.79 Å². The zero-order chi connectivity index (χ0) is 18.0. The molecule has 2 heterocycles. The van der Waals surface area contributed by atoms with Crippen LogP contribution in [-0.4, -0.2) is 26.5 Å². The van der Waals surface area contributed by atoms with E-state index < -0.39 is 0 Å². The number of carbonyl (C=O) groups is 1. The second kappa shape index (κ2) is 7.29. The summed E-state index contributed by atoms with van der Waals surface area (Å²) < 4.78 is 1.57. The lowest BCUT2D eigenvalue weighted by molar-refractivity contribution is 0.0944. The lowest BCUT2D eigenvalue weighted by Gasteiger charge is -2.09. The first-order valence-corrected chi connectivity index (χ1v) is 8.52. The summed E-state index contributed by atoms with van der Waals surface area (Å²) in [5.74, 6) is 0.430. The Labute approximate surface area is 155 Å². The van der Waals surface area contributed by atoms with Gasteiger partial charge in [-0.2, -0.15) is 5.10 Å². The minimum absolute atomic E-state index is 0.0383. The quantitative estimate of drug-likeness (QED) is 0.709. The summed E-state index contributed by atoms with van der Waals surface area (Å²) >= 11 is 12.0. The van der Waals surface area contributed by atoms with Crippen LogP contribution in [-0.2, 0) is 6.54 Å². The van der Waals surface area contributed by atoms with Crippen LogP contribution in [0.2, 0.25) is 10.0 Å². The number of halogens is 2. The number of hydrogen-bond acceptors (Lipinski definition) is 4. The topological polar surface area (TPSA) is 71.3 Å². The number of anilines is 1. The second-order valence-corrected chi connectivity index (χ2v) is 6.77. The van der Waals surface area contributed by atoms with E-state index >= 15 is 0 Å². The van der Waals surface area contributed by atoms with E-state index in [0.717, 1.165) is 5.56 Å². The Balaban J connectivity index is 1.81. The molecule has 3 rings (SSSR count). The van der Waals surface area contributed by atoms with Crippen molar-refractivity contribution in [1.82, 2.24) is 19.9 Å². The molecule has 0 fully saturated rings. The molecule has 0 atom stereocenters. The van der Waals surface area contributed by atoms with Gasteiger partial charge in [0, 0.05) is 28.8 Å². The second-order valence-electron chi connectivity index (χ2n) is 5.90. The Morgan fingerprint density at radius 2 is 1.96 bits per heavy atom. The van der Waals surface area contributed by atoms with E-state index in [2.05, 4.69) is 20.7 Å². The number of nitrogens with one attached hydrogen (secondary N) is 2. The molecule has 130 valence electrons. The molecule has 1 aromatic carbocycles. The molecule has 0 aliphatic carbocycles. The molecule has 0 saturated heterocycles. The molecule has 1 amide bonds. The van der Waals surface area contributed by atoms with E-state index in [1.54, 1.807) is 22.8 Å².